The van der Waals surface area contributed by atoms with Gasteiger partial charge in [0.25, 0.3) is 10.1 Å². The van der Waals surface area contributed by atoms with Crippen LogP contribution in [0.2, 0.25) is 0 Å². The molecule has 0 fully saturated rings. The Balaban J connectivity index is 0.00000256. The van der Waals surface area contributed by atoms with Gasteiger partial charge in [-0.1, -0.05) is 0 Å². The molecule has 0 saturated carbocycles. The molecule has 6 nitrogen and oxygen atoms in total. The van der Waals surface area contributed by atoms with Crippen molar-refractivity contribution in [3.05, 3.63) is 24.3 Å². The van der Waals surface area contributed by atoms with E-state index in [4.69, 9.17) is 4.55 Å². The average Bonchev–Trinajstić information content (AvgIpc) is 2.17. The summed E-state index contributed by atoms with van der Waals surface area (Å²) in [5, 5.41) is 0. The summed E-state index contributed by atoms with van der Waals surface area (Å²) in [5.41, 5.74) is 0. The van der Waals surface area contributed by atoms with Crippen molar-refractivity contribution >= 4 is 45.8 Å². The molecule has 0 spiro atoms. The Hall–Kier alpha value is -0.600. The van der Waals surface area contributed by atoms with Crippen molar-refractivity contribution in [1.82, 2.24) is 0 Å². The number of hydrogen-bond donors (Lipinski definition) is 1. The fourth-order valence-corrected chi connectivity index (χ4v) is 1.40. The van der Waals surface area contributed by atoms with E-state index in [1.165, 1.54) is 12.1 Å². The van der Waals surface area contributed by atoms with Crippen LogP contribution in [0.3, 0.4) is 0 Å². The zero-order chi connectivity index (χ0) is 12.2. The van der Waals surface area contributed by atoms with Crippen LogP contribution >= 0.6 is 0 Å². The van der Waals surface area contributed by atoms with Gasteiger partial charge in [-0.2, -0.15) is 8.42 Å². The molecule has 0 atom stereocenters. The van der Waals surface area contributed by atoms with Crippen LogP contribution < -0.4 is 4.74 Å². The standard InChI is InChI=1S/C9H10O6S.Na/c1-2-14-9(10)15-7-3-5-8(6-4-7)16(11,12)13;/h3-6H,2H2,1H3,(H,11,12,13);. The minimum Gasteiger partial charge on any atom is -0.434 e. The van der Waals surface area contributed by atoms with Crippen LogP contribution in [0.5, 0.6) is 5.75 Å². The maximum Gasteiger partial charge on any atom is 0.513 e. The van der Waals surface area contributed by atoms with Crippen LogP contribution in [0.15, 0.2) is 29.2 Å². The van der Waals surface area contributed by atoms with E-state index in [-0.39, 0.29) is 46.8 Å². The third-order valence-electron chi connectivity index (χ3n) is 1.58. The smallest absolute Gasteiger partial charge is 0.434 e. The van der Waals surface area contributed by atoms with Gasteiger partial charge in [-0.25, -0.2) is 4.79 Å². The van der Waals surface area contributed by atoms with Crippen molar-refractivity contribution in [2.45, 2.75) is 11.8 Å². The van der Waals surface area contributed by atoms with E-state index in [1.807, 2.05) is 0 Å². The minimum atomic E-state index is -4.23. The van der Waals surface area contributed by atoms with E-state index in [2.05, 4.69) is 9.47 Å². The van der Waals surface area contributed by atoms with E-state index >= 15 is 0 Å². The Kier molecular flexibility index (Phi) is 6.73. The Morgan fingerprint density at radius 2 is 1.82 bits per heavy atom. The fraction of sp³-hybridized carbons (Fsp3) is 0.222. The summed E-state index contributed by atoms with van der Waals surface area (Å²) in [6, 6.07) is 4.70. The van der Waals surface area contributed by atoms with Crippen molar-refractivity contribution in [3.8, 4) is 5.75 Å². The molecule has 0 aliphatic carbocycles. The zero-order valence-electron chi connectivity index (χ0n) is 9.41. The second-order valence-electron chi connectivity index (χ2n) is 2.73. The van der Waals surface area contributed by atoms with Crippen LogP contribution in [0, 0.1) is 0 Å². The van der Waals surface area contributed by atoms with Crippen LogP contribution in [0.25, 0.3) is 0 Å². The summed E-state index contributed by atoms with van der Waals surface area (Å²) in [7, 11) is -4.23. The van der Waals surface area contributed by atoms with Crippen LogP contribution in [-0.2, 0) is 14.9 Å². The summed E-state index contributed by atoms with van der Waals surface area (Å²) in [6.45, 7) is 1.81. The first-order valence-corrected chi connectivity index (χ1v) is 5.79. The topological polar surface area (TPSA) is 89.9 Å². The van der Waals surface area contributed by atoms with Gasteiger partial charge in [-0.15, -0.1) is 0 Å². The van der Waals surface area contributed by atoms with E-state index in [0.29, 0.717) is 0 Å². The van der Waals surface area contributed by atoms with Crippen LogP contribution in [-0.4, -0.2) is 55.3 Å². The van der Waals surface area contributed by atoms with Gasteiger partial charge in [0.15, 0.2) is 0 Å². The largest absolute Gasteiger partial charge is 0.513 e. The maximum atomic E-state index is 10.9. The van der Waals surface area contributed by atoms with Gasteiger partial charge in [0, 0.05) is 29.6 Å². The third kappa shape index (κ3) is 5.51. The Bertz CT molecular complexity index is 467. The molecule has 1 aromatic carbocycles. The maximum absolute atomic E-state index is 10.9. The Morgan fingerprint density at radius 1 is 1.29 bits per heavy atom. The molecular formula is C9H10NaO6S. The molecule has 1 radical (unpaired) electrons. The molecule has 0 bridgehead atoms. The van der Waals surface area contributed by atoms with Crippen molar-refractivity contribution in [3.63, 3.8) is 0 Å². The molecule has 0 aliphatic rings. The number of carbonyl (C=O) groups excluding carboxylic acids is 1. The molecule has 0 amide bonds. The zero-order valence-corrected chi connectivity index (χ0v) is 12.2. The molecule has 89 valence electrons. The quantitative estimate of drug-likeness (QED) is 0.382. The molecule has 0 unspecified atom stereocenters. The van der Waals surface area contributed by atoms with Gasteiger partial charge in [0.2, 0.25) is 0 Å². The minimum absolute atomic E-state index is 0. The first-order chi connectivity index (χ1) is 7.43. The molecule has 1 N–H and O–H groups in total. The Labute approximate surface area is 121 Å². The summed E-state index contributed by atoms with van der Waals surface area (Å²) >= 11 is 0. The van der Waals surface area contributed by atoms with Crippen LogP contribution in [0.1, 0.15) is 6.92 Å². The monoisotopic (exact) mass is 269 g/mol. The fourth-order valence-electron chi connectivity index (χ4n) is 0.923. The molecule has 0 heterocycles. The number of hydrogen-bond acceptors (Lipinski definition) is 5. The number of carbonyl (C=O) groups is 1. The molecule has 17 heavy (non-hydrogen) atoms. The van der Waals surface area contributed by atoms with E-state index in [9.17, 15) is 13.2 Å². The predicted molar refractivity (Wildman–Crippen MR) is 59.7 cm³/mol. The van der Waals surface area contributed by atoms with Crippen molar-refractivity contribution in [2.75, 3.05) is 6.61 Å². The van der Waals surface area contributed by atoms with Gasteiger partial charge >= 0.3 is 6.16 Å². The van der Waals surface area contributed by atoms with E-state index in [0.717, 1.165) is 12.1 Å². The van der Waals surface area contributed by atoms with Gasteiger partial charge < -0.3 is 9.47 Å². The first-order valence-electron chi connectivity index (χ1n) is 4.35. The molecule has 8 heteroatoms. The number of benzene rings is 1. The second kappa shape index (κ2) is 6.97. The third-order valence-corrected chi connectivity index (χ3v) is 2.45. The summed E-state index contributed by atoms with van der Waals surface area (Å²) in [5.74, 6) is 0.130. The van der Waals surface area contributed by atoms with Gasteiger partial charge in [0.1, 0.15) is 5.75 Å². The second-order valence-corrected chi connectivity index (χ2v) is 4.15. The van der Waals surface area contributed by atoms with E-state index < -0.39 is 16.3 Å². The predicted octanol–water partition coefficient (Wildman–Crippen LogP) is 1.09. The summed E-state index contributed by atoms with van der Waals surface area (Å²) < 4.78 is 39.3. The van der Waals surface area contributed by atoms with Gasteiger partial charge in [0.05, 0.1) is 11.5 Å². The van der Waals surface area contributed by atoms with Crippen molar-refractivity contribution in [2.24, 2.45) is 0 Å². The molecule has 1 aromatic rings. The molecule has 0 saturated heterocycles. The number of rotatable bonds is 3. The average molecular weight is 269 g/mol. The molecule has 0 aliphatic heterocycles. The van der Waals surface area contributed by atoms with Crippen LogP contribution in [0.4, 0.5) is 4.79 Å². The van der Waals surface area contributed by atoms with E-state index in [1.54, 1.807) is 6.92 Å². The Morgan fingerprint density at radius 3 is 2.24 bits per heavy atom. The summed E-state index contributed by atoms with van der Waals surface area (Å²) in [6.07, 6.45) is -0.873. The SMILES string of the molecule is CCOC(=O)Oc1ccc(S(=O)(=O)O)cc1.[Na]. The molecule has 0 aromatic heterocycles. The molecule has 1 rings (SSSR count). The normalized spacial score (nSPS) is 10.2. The van der Waals surface area contributed by atoms with Gasteiger partial charge in [-0.3, -0.25) is 4.55 Å². The molecular weight excluding hydrogens is 259 g/mol. The van der Waals surface area contributed by atoms with Gasteiger partial charge in [-0.05, 0) is 31.2 Å². The first kappa shape index (κ1) is 16.4. The van der Waals surface area contributed by atoms with Crippen molar-refractivity contribution < 1.29 is 27.2 Å². The van der Waals surface area contributed by atoms with Crippen molar-refractivity contribution in [1.29, 1.82) is 0 Å². The number of ether oxygens (including phenoxy) is 2. The summed E-state index contributed by atoms with van der Waals surface area (Å²) in [4.78, 5) is 10.6.